The smallest absolute Gasteiger partial charge is 0.398 e. The number of aromatic nitrogens is 2. The van der Waals surface area contributed by atoms with Gasteiger partial charge in [0.25, 0.3) is 0 Å². The Kier molecular flexibility index (Phi) is 3.50. The van der Waals surface area contributed by atoms with Crippen LogP contribution in [0.15, 0.2) is 24.4 Å². The standard InChI is InChI=1S/C15H17F3N4/c1-21-14(15(16,17)18)10(8-20-21)9-22-7-3-4-11-12(19)5-2-6-13(11)22/h2,5-6,8H,3-4,7,9,19H2,1H3. The van der Waals surface area contributed by atoms with Crippen molar-refractivity contribution >= 4 is 11.4 Å². The minimum Gasteiger partial charge on any atom is -0.398 e. The summed E-state index contributed by atoms with van der Waals surface area (Å²) in [6.45, 7) is 0.891. The van der Waals surface area contributed by atoms with Crippen LogP contribution in [0, 0.1) is 0 Å². The second-order valence-electron chi connectivity index (χ2n) is 5.51. The Morgan fingerprint density at radius 1 is 1.32 bits per heavy atom. The van der Waals surface area contributed by atoms with E-state index in [-0.39, 0.29) is 12.1 Å². The molecule has 0 saturated carbocycles. The molecule has 0 spiro atoms. The summed E-state index contributed by atoms with van der Waals surface area (Å²) in [4.78, 5) is 1.95. The highest BCUT2D eigenvalue weighted by Crippen LogP contribution is 2.35. The van der Waals surface area contributed by atoms with Crippen LogP contribution in [-0.2, 0) is 26.2 Å². The molecule has 0 saturated heterocycles. The Bertz CT molecular complexity index is 691. The maximum absolute atomic E-state index is 13.2. The van der Waals surface area contributed by atoms with Gasteiger partial charge in [0, 0.05) is 37.1 Å². The summed E-state index contributed by atoms with van der Waals surface area (Å²) >= 11 is 0. The number of nitrogens with zero attached hydrogens (tertiary/aromatic N) is 3. The fourth-order valence-electron chi connectivity index (χ4n) is 3.06. The molecule has 1 aromatic carbocycles. The molecular weight excluding hydrogens is 293 g/mol. The van der Waals surface area contributed by atoms with Crippen LogP contribution in [0.5, 0.6) is 0 Å². The highest BCUT2D eigenvalue weighted by atomic mass is 19.4. The lowest BCUT2D eigenvalue weighted by molar-refractivity contribution is -0.144. The third-order valence-corrected chi connectivity index (χ3v) is 4.03. The van der Waals surface area contributed by atoms with E-state index in [2.05, 4.69) is 5.10 Å². The summed E-state index contributed by atoms with van der Waals surface area (Å²) in [5.41, 5.74) is 8.11. The van der Waals surface area contributed by atoms with Gasteiger partial charge in [-0.25, -0.2) is 0 Å². The molecule has 3 rings (SSSR count). The molecule has 2 heterocycles. The van der Waals surface area contributed by atoms with Gasteiger partial charge in [-0.05, 0) is 30.5 Å². The first kappa shape index (κ1) is 14.7. The first-order valence-corrected chi connectivity index (χ1v) is 7.08. The van der Waals surface area contributed by atoms with Gasteiger partial charge in [-0.3, -0.25) is 4.68 Å². The van der Waals surface area contributed by atoms with Gasteiger partial charge >= 0.3 is 6.18 Å². The van der Waals surface area contributed by atoms with Crippen molar-refractivity contribution in [2.75, 3.05) is 17.2 Å². The quantitative estimate of drug-likeness (QED) is 0.868. The number of anilines is 2. The molecule has 0 atom stereocenters. The third kappa shape index (κ3) is 2.51. The number of hydrogen-bond acceptors (Lipinski definition) is 3. The first-order chi connectivity index (χ1) is 10.4. The molecule has 0 bridgehead atoms. The van der Waals surface area contributed by atoms with Crippen molar-refractivity contribution in [3.63, 3.8) is 0 Å². The van der Waals surface area contributed by atoms with Gasteiger partial charge in [0.1, 0.15) is 5.69 Å². The number of aryl methyl sites for hydroxylation is 1. The van der Waals surface area contributed by atoms with Gasteiger partial charge < -0.3 is 10.6 Å². The maximum Gasteiger partial charge on any atom is 0.433 e. The summed E-state index contributed by atoms with van der Waals surface area (Å²) in [6, 6.07) is 5.57. The lowest BCUT2D eigenvalue weighted by Gasteiger charge is -2.32. The van der Waals surface area contributed by atoms with E-state index in [9.17, 15) is 13.2 Å². The first-order valence-electron chi connectivity index (χ1n) is 7.08. The average Bonchev–Trinajstić information content (AvgIpc) is 2.81. The van der Waals surface area contributed by atoms with Crippen molar-refractivity contribution in [3.8, 4) is 0 Å². The van der Waals surface area contributed by atoms with Crippen molar-refractivity contribution in [2.45, 2.75) is 25.6 Å². The summed E-state index contributed by atoms with van der Waals surface area (Å²) < 4.78 is 40.4. The van der Waals surface area contributed by atoms with E-state index in [1.807, 2.05) is 23.1 Å². The van der Waals surface area contributed by atoms with Gasteiger partial charge in [0.15, 0.2) is 0 Å². The zero-order chi connectivity index (χ0) is 15.9. The Morgan fingerprint density at radius 2 is 2.09 bits per heavy atom. The van der Waals surface area contributed by atoms with Crippen LogP contribution in [0.25, 0.3) is 0 Å². The fourth-order valence-corrected chi connectivity index (χ4v) is 3.06. The van der Waals surface area contributed by atoms with Crippen LogP contribution in [0.3, 0.4) is 0 Å². The number of alkyl halides is 3. The molecule has 1 aliphatic rings. The van der Waals surface area contributed by atoms with E-state index in [4.69, 9.17) is 5.73 Å². The zero-order valence-electron chi connectivity index (χ0n) is 12.2. The second kappa shape index (κ2) is 5.23. The highest BCUT2D eigenvalue weighted by Gasteiger charge is 2.37. The topological polar surface area (TPSA) is 47.1 Å². The summed E-state index contributed by atoms with van der Waals surface area (Å²) in [7, 11) is 1.31. The lowest BCUT2D eigenvalue weighted by atomic mass is 9.99. The fraction of sp³-hybridized carbons (Fsp3) is 0.400. The normalized spacial score (nSPS) is 15.0. The largest absolute Gasteiger partial charge is 0.433 e. The predicted molar refractivity (Wildman–Crippen MR) is 78.4 cm³/mol. The molecule has 2 N–H and O–H groups in total. The molecule has 4 nitrogen and oxygen atoms in total. The van der Waals surface area contributed by atoms with E-state index in [0.29, 0.717) is 12.2 Å². The molecule has 0 amide bonds. The number of rotatable bonds is 2. The van der Waals surface area contributed by atoms with Crippen LogP contribution >= 0.6 is 0 Å². The Morgan fingerprint density at radius 3 is 2.82 bits per heavy atom. The minimum atomic E-state index is -4.41. The number of nitrogens with two attached hydrogens (primary N) is 1. The van der Waals surface area contributed by atoms with Crippen LogP contribution in [0.2, 0.25) is 0 Å². The second-order valence-corrected chi connectivity index (χ2v) is 5.51. The summed E-state index contributed by atoms with van der Waals surface area (Å²) in [5.74, 6) is 0. The van der Waals surface area contributed by atoms with Gasteiger partial charge in [-0.15, -0.1) is 0 Å². The van der Waals surface area contributed by atoms with Crippen LogP contribution in [-0.4, -0.2) is 16.3 Å². The Labute approximate surface area is 126 Å². The molecule has 0 unspecified atom stereocenters. The monoisotopic (exact) mass is 310 g/mol. The molecule has 0 fully saturated rings. The molecule has 118 valence electrons. The number of hydrogen-bond donors (Lipinski definition) is 1. The van der Waals surface area contributed by atoms with E-state index in [0.717, 1.165) is 28.8 Å². The number of benzene rings is 1. The van der Waals surface area contributed by atoms with Crippen molar-refractivity contribution < 1.29 is 13.2 Å². The zero-order valence-corrected chi connectivity index (χ0v) is 12.2. The van der Waals surface area contributed by atoms with E-state index in [1.54, 1.807) is 0 Å². The molecule has 7 heteroatoms. The van der Waals surface area contributed by atoms with Gasteiger partial charge in [0.05, 0.1) is 6.20 Å². The molecule has 2 aromatic rings. The predicted octanol–water partition coefficient (Wildman–Crippen LogP) is 2.97. The van der Waals surface area contributed by atoms with Gasteiger partial charge in [-0.2, -0.15) is 18.3 Å². The van der Waals surface area contributed by atoms with Crippen molar-refractivity contribution in [1.29, 1.82) is 0 Å². The molecule has 1 aromatic heterocycles. The van der Waals surface area contributed by atoms with E-state index in [1.165, 1.54) is 13.2 Å². The molecule has 22 heavy (non-hydrogen) atoms. The summed E-state index contributed by atoms with van der Waals surface area (Å²) in [5, 5.41) is 3.77. The van der Waals surface area contributed by atoms with E-state index >= 15 is 0 Å². The Balaban J connectivity index is 1.95. The van der Waals surface area contributed by atoms with Crippen LogP contribution in [0.4, 0.5) is 24.5 Å². The maximum atomic E-state index is 13.2. The van der Waals surface area contributed by atoms with Gasteiger partial charge in [-0.1, -0.05) is 6.07 Å². The van der Waals surface area contributed by atoms with Crippen molar-refractivity contribution in [2.24, 2.45) is 7.05 Å². The number of halogens is 3. The number of nitrogen functional groups attached to an aromatic ring is 1. The van der Waals surface area contributed by atoms with Crippen molar-refractivity contribution in [1.82, 2.24) is 9.78 Å². The highest BCUT2D eigenvalue weighted by molar-refractivity contribution is 5.66. The third-order valence-electron chi connectivity index (χ3n) is 4.03. The molecule has 0 aliphatic carbocycles. The van der Waals surface area contributed by atoms with Crippen molar-refractivity contribution in [3.05, 3.63) is 41.2 Å². The molecule has 1 aliphatic heterocycles. The SMILES string of the molecule is Cn1ncc(CN2CCCc3c(N)cccc32)c1C(F)(F)F. The van der Waals surface area contributed by atoms with Crippen LogP contribution < -0.4 is 10.6 Å². The van der Waals surface area contributed by atoms with Crippen LogP contribution in [0.1, 0.15) is 23.2 Å². The molecular formula is C15H17F3N4. The Hall–Kier alpha value is -2.18. The van der Waals surface area contributed by atoms with Gasteiger partial charge in [0.2, 0.25) is 0 Å². The molecule has 0 radical (unpaired) electrons. The minimum absolute atomic E-state index is 0.180. The lowest BCUT2D eigenvalue weighted by Crippen LogP contribution is -2.30. The van der Waals surface area contributed by atoms with E-state index < -0.39 is 11.9 Å². The summed E-state index contributed by atoms with van der Waals surface area (Å²) in [6.07, 6.45) is -1.38. The number of fused-ring (bicyclic) bond motifs is 1. The average molecular weight is 310 g/mol.